The van der Waals surface area contributed by atoms with E-state index >= 15 is 0 Å². The molecule has 0 aliphatic rings. The van der Waals surface area contributed by atoms with Crippen LogP contribution < -0.4 is 0 Å². The third-order valence-electron chi connectivity index (χ3n) is 2.21. The molecular formula is C10H22O4. The van der Waals surface area contributed by atoms with E-state index in [1.807, 2.05) is 6.92 Å². The second kappa shape index (κ2) is 8.17. The highest BCUT2D eigenvalue weighted by Crippen LogP contribution is 2.10. The fourth-order valence-corrected chi connectivity index (χ4v) is 1.06. The van der Waals surface area contributed by atoms with Crippen LogP contribution in [-0.4, -0.2) is 49.4 Å². The number of rotatable bonds is 8. The zero-order valence-electron chi connectivity index (χ0n) is 9.27. The van der Waals surface area contributed by atoms with Gasteiger partial charge in [0.25, 0.3) is 0 Å². The zero-order valence-corrected chi connectivity index (χ0v) is 9.27. The van der Waals surface area contributed by atoms with E-state index in [0.717, 1.165) is 0 Å². The van der Waals surface area contributed by atoms with Crippen LogP contribution in [0.1, 0.15) is 20.3 Å². The van der Waals surface area contributed by atoms with Crippen LogP contribution in [0.4, 0.5) is 0 Å². The number of hydrogen-bond donors (Lipinski definition) is 2. The van der Waals surface area contributed by atoms with E-state index in [1.165, 1.54) is 0 Å². The van der Waals surface area contributed by atoms with E-state index < -0.39 is 6.10 Å². The summed E-state index contributed by atoms with van der Waals surface area (Å²) in [4.78, 5) is 0. The van der Waals surface area contributed by atoms with Crippen molar-refractivity contribution in [3.63, 3.8) is 0 Å². The van der Waals surface area contributed by atoms with Gasteiger partial charge in [0.15, 0.2) is 0 Å². The van der Waals surface area contributed by atoms with Crippen molar-refractivity contribution in [2.24, 2.45) is 5.92 Å². The quantitative estimate of drug-likeness (QED) is 0.565. The number of aliphatic hydroxyl groups is 2. The van der Waals surface area contributed by atoms with Crippen LogP contribution in [0.15, 0.2) is 0 Å². The molecule has 3 atom stereocenters. The fraction of sp³-hybridized carbons (Fsp3) is 1.00. The SMILES string of the molecule is COCCOCC(O)CC(C)C(C)O. The van der Waals surface area contributed by atoms with Crippen molar-refractivity contribution in [3.8, 4) is 0 Å². The number of methoxy groups -OCH3 is 1. The van der Waals surface area contributed by atoms with Gasteiger partial charge in [-0.15, -0.1) is 0 Å². The maximum absolute atomic E-state index is 9.49. The molecule has 3 unspecified atom stereocenters. The van der Waals surface area contributed by atoms with Crippen LogP contribution in [-0.2, 0) is 9.47 Å². The van der Waals surface area contributed by atoms with Gasteiger partial charge in [0.05, 0.1) is 32.0 Å². The Labute approximate surface area is 85.8 Å². The van der Waals surface area contributed by atoms with Crippen LogP contribution in [0.5, 0.6) is 0 Å². The fourth-order valence-electron chi connectivity index (χ4n) is 1.06. The number of aliphatic hydroxyl groups excluding tert-OH is 2. The molecule has 86 valence electrons. The van der Waals surface area contributed by atoms with Crippen molar-refractivity contribution in [2.75, 3.05) is 26.9 Å². The van der Waals surface area contributed by atoms with E-state index in [1.54, 1.807) is 14.0 Å². The van der Waals surface area contributed by atoms with Crippen LogP contribution >= 0.6 is 0 Å². The minimum Gasteiger partial charge on any atom is -0.393 e. The topological polar surface area (TPSA) is 58.9 Å². The first-order valence-electron chi connectivity index (χ1n) is 5.00. The first-order chi connectivity index (χ1) is 6.57. The van der Waals surface area contributed by atoms with Crippen molar-refractivity contribution >= 4 is 0 Å². The summed E-state index contributed by atoms with van der Waals surface area (Å²) < 4.78 is 9.96. The molecule has 0 amide bonds. The lowest BCUT2D eigenvalue weighted by atomic mass is 9.99. The predicted molar refractivity (Wildman–Crippen MR) is 54.2 cm³/mol. The third kappa shape index (κ3) is 7.26. The molecule has 0 saturated heterocycles. The molecule has 0 aliphatic carbocycles. The molecule has 0 fully saturated rings. The van der Waals surface area contributed by atoms with Crippen molar-refractivity contribution in [1.82, 2.24) is 0 Å². The summed E-state index contributed by atoms with van der Waals surface area (Å²) in [5.41, 5.74) is 0. The molecule has 0 aromatic heterocycles. The van der Waals surface area contributed by atoms with Crippen molar-refractivity contribution < 1.29 is 19.7 Å². The van der Waals surface area contributed by atoms with Crippen LogP contribution in [0.2, 0.25) is 0 Å². The maximum Gasteiger partial charge on any atom is 0.0777 e. The second-order valence-corrected chi connectivity index (χ2v) is 3.68. The Kier molecular flexibility index (Phi) is 8.08. The minimum atomic E-state index is -0.503. The zero-order chi connectivity index (χ0) is 11.0. The highest BCUT2D eigenvalue weighted by atomic mass is 16.5. The Morgan fingerprint density at radius 1 is 1.14 bits per heavy atom. The van der Waals surface area contributed by atoms with Crippen molar-refractivity contribution in [1.29, 1.82) is 0 Å². The lowest BCUT2D eigenvalue weighted by Crippen LogP contribution is -2.24. The average molecular weight is 206 g/mol. The largest absolute Gasteiger partial charge is 0.393 e. The molecule has 0 rings (SSSR count). The lowest BCUT2D eigenvalue weighted by molar-refractivity contribution is -0.00414. The summed E-state index contributed by atoms with van der Waals surface area (Å²) in [5, 5.41) is 18.7. The molecule has 0 aliphatic heterocycles. The second-order valence-electron chi connectivity index (χ2n) is 3.68. The number of ether oxygens (including phenoxy) is 2. The normalized spacial score (nSPS) is 17.8. The molecule has 0 spiro atoms. The standard InChI is InChI=1S/C10H22O4/c1-8(9(2)11)6-10(12)7-14-5-4-13-3/h8-12H,4-7H2,1-3H3. The molecule has 0 aromatic carbocycles. The van der Waals surface area contributed by atoms with Gasteiger partial charge in [0, 0.05) is 7.11 Å². The van der Waals surface area contributed by atoms with Gasteiger partial charge in [-0.25, -0.2) is 0 Å². The molecule has 0 saturated carbocycles. The monoisotopic (exact) mass is 206 g/mol. The van der Waals surface area contributed by atoms with E-state index in [9.17, 15) is 10.2 Å². The highest BCUT2D eigenvalue weighted by molar-refractivity contribution is 4.64. The summed E-state index contributed by atoms with van der Waals surface area (Å²) in [6, 6.07) is 0. The summed E-state index contributed by atoms with van der Waals surface area (Å²) >= 11 is 0. The Morgan fingerprint density at radius 2 is 1.79 bits per heavy atom. The van der Waals surface area contributed by atoms with Gasteiger partial charge in [-0.2, -0.15) is 0 Å². The molecule has 2 N–H and O–H groups in total. The molecule has 4 nitrogen and oxygen atoms in total. The molecular weight excluding hydrogens is 184 g/mol. The smallest absolute Gasteiger partial charge is 0.0777 e. The first-order valence-corrected chi connectivity index (χ1v) is 5.00. The van der Waals surface area contributed by atoms with E-state index in [0.29, 0.717) is 26.2 Å². The minimum absolute atomic E-state index is 0.0935. The van der Waals surface area contributed by atoms with Gasteiger partial charge in [0.2, 0.25) is 0 Å². The summed E-state index contributed by atoms with van der Waals surface area (Å²) in [6.45, 7) is 4.97. The Morgan fingerprint density at radius 3 is 2.29 bits per heavy atom. The summed E-state index contributed by atoms with van der Waals surface area (Å²) in [6.07, 6.45) is -0.329. The van der Waals surface area contributed by atoms with Crippen LogP contribution in [0.25, 0.3) is 0 Å². The van der Waals surface area contributed by atoms with Crippen molar-refractivity contribution in [2.45, 2.75) is 32.5 Å². The molecule has 0 heterocycles. The third-order valence-corrected chi connectivity index (χ3v) is 2.21. The average Bonchev–Trinajstić information content (AvgIpc) is 2.12. The Balaban J connectivity index is 3.40. The summed E-state index contributed by atoms with van der Waals surface area (Å²) in [5.74, 6) is 0.0935. The van der Waals surface area contributed by atoms with Gasteiger partial charge >= 0.3 is 0 Å². The first kappa shape index (κ1) is 13.8. The van der Waals surface area contributed by atoms with Gasteiger partial charge in [0.1, 0.15) is 0 Å². The molecule has 0 aromatic rings. The molecule has 0 bridgehead atoms. The molecule has 14 heavy (non-hydrogen) atoms. The van der Waals surface area contributed by atoms with Gasteiger partial charge < -0.3 is 19.7 Å². The lowest BCUT2D eigenvalue weighted by Gasteiger charge is -2.18. The number of hydrogen-bond acceptors (Lipinski definition) is 4. The maximum atomic E-state index is 9.49. The van der Waals surface area contributed by atoms with Crippen LogP contribution in [0, 0.1) is 5.92 Å². The highest BCUT2D eigenvalue weighted by Gasteiger charge is 2.14. The Hall–Kier alpha value is -0.160. The van der Waals surface area contributed by atoms with Gasteiger partial charge in [-0.3, -0.25) is 0 Å². The van der Waals surface area contributed by atoms with E-state index in [2.05, 4.69) is 0 Å². The van der Waals surface area contributed by atoms with Crippen LogP contribution in [0.3, 0.4) is 0 Å². The Bertz CT molecular complexity index is 127. The summed E-state index contributed by atoms with van der Waals surface area (Å²) in [7, 11) is 1.61. The van der Waals surface area contributed by atoms with E-state index in [-0.39, 0.29) is 12.0 Å². The van der Waals surface area contributed by atoms with Crippen molar-refractivity contribution in [3.05, 3.63) is 0 Å². The molecule has 4 heteroatoms. The van der Waals surface area contributed by atoms with E-state index in [4.69, 9.17) is 9.47 Å². The predicted octanol–water partition coefficient (Wildman–Crippen LogP) is 0.417. The van der Waals surface area contributed by atoms with Gasteiger partial charge in [-0.1, -0.05) is 6.92 Å². The van der Waals surface area contributed by atoms with Gasteiger partial charge in [-0.05, 0) is 19.3 Å². The molecule has 0 radical (unpaired) electrons.